The summed E-state index contributed by atoms with van der Waals surface area (Å²) < 4.78 is 10.6. The van der Waals surface area contributed by atoms with Crippen LogP contribution in [0.3, 0.4) is 0 Å². The lowest BCUT2D eigenvalue weighted by molar-refractivity contribution is 0.102. The van der Waals surface area contributed by atoms with Crippen LogP contribution in [0.4, 0.5) is 5.69 Å². The van der Waals surface area contributed by atoms with E-state index in [9.17, 15) is 9.59 Å². The molecule has 5 rings (SSSR count). The standard InChI is InChI=1S/C23H16N2O4/c26-22(24-17-7-10-20-21(12-17)29-13-28-20)18-8-9-19(25-23(18)27)16-6-5-14-3-1-2-4-15(14)11-16/h1-12H,13H2,(H,24,26)(H,25,27). The molecule has 2 N–H and O–H groups in total. The van der Waals surface area contributed by atoms with Gasteiger partial charge in [-0.05, 0) is 46.7 Å². The molecule has 0 spiro atoms. The third-order valence-corrected chi connectivity index (χ3v) is 4.85. The number of hydrogen-bond donors (Lipinski definition) is 2. The summed E-state index contributed by atoms with van der Waals surface area (Å²) in [5.74, 6) is 0.694. The Hall–Kier alpha value is -4.06. The predicted octanol–water partition coefficient (Wildman–Crippen LogP) is 4.18. The van der Waals surface area contributed by atoms with Gasteiger partial charge >= 0.3 is 0 Å². The molecule has 6 nitrogen and oxygen atoms in total. The maximum Gasteiger partial charge on any atom is 0.261 e. The van der Waals surface area contributed by atoms with E-state index in [0.29, 0.717) is 22.9 Å². The minimum absolute atomic E-state index is 0.0345. The Morgan fingerprint density at radius 1 is 0.862 bits per heavy atom. The monoisotopic (exact) mass is 384 g/mol. The zero-order chi connectivity index (χ0) is 19.8. The SMILES string of the molecule is O=C(Nc1ccc2c(c1)OCO2)c1ccc(-c2ccc3ccccc3c2)[nH]c1=O. The van der Waals surface area contributed by atoms with Crippen molar-refractivity contribution in [2.45, 2.75) is 0 Å². The van der Waals surface area contributed by atoms with Gasteiger partial charge in [0.05, 0.1) is 0 Å². The van der Waals surface area contributed by atoms with E-state index in [1.165, 1.54) is 6.07 Å². The Kier molecular flexibility index (Phi) is 4.02. The zero-order valence-electron chi connectivity index (χ0n) is 15.3. The van der Waals surface area contributed by atoms with Crippen LogP contribution in [0.5, 0.6) is 11.5 Å². The van der Waals surface area contributed by atoms with Gasteiger partial charge in [-0.2, -0.15) is 0 Å². The second-order valence-corrected chi connectivity index (χ2v) is 6.70. The molecule has 29 heavy (non-hydrogen) atoms. The Balaban J connectivity index is 1.41. The quantitative estimate of drug-likeness (QED) is 0.555. The minimum Gasteiger partial charge on any atom is -0.454 e. The fourth-order valence-electron chi connectivity index (χ4n) is 3.35. The third-order valence-electron chi connectivity index (χ3n) is 4.85. The van der Waals surface area contributed by atoms with Crippen molar-refractivity contribution in [3.63, 3.8) is 0 Å². The van der Waals surface area contributed by atoms with Crippen molar-refractivity contribution in [3.05, 3.63) is 88.7 Å². The van der Waals surface area contributed by atoms with Gasteiger partial charge in [0.25, 0.3) is 11.5 Å². The number of aromatic nitrogens is 1. The van der Waals surface area contributed by atoms with Crippen LogP contribution in [0.15, 0.2) is 77.6 Å². The van der Waals surface area contributed by atoms with Gasteiger partial charge in [-0.1, -0.05) is 36.4 Å². The Morgan fingerprint density at radius 2 is 1.69 bits per heavy atom. The molecule has 1 aliphatic heterocycles. The van der Waals surface area contributed by atoms with E-state index >= 15 is 0 Å². The van der Waals surface area contributed by atoms with Crippen LogP contribution >= 0.6 is 0 Å². The average molecular weight is 384 g/mol. The van der Waals surface area contributed by atoms with E-state index in [2.05, 4.69) is 10.3 Å². The van der Waals surface area contributed by atoms with E-state index in [0.717, 1.165) is 16.3 Å². The van der Waals surface area contributed by atoms with Crippen molar-refractivity contribution in [1.82, 2.24) is 4.98 Å². The number of aromatic amines is 1. The number of benzene rings is 3. The summed E-state index contributed by atoms with van der Waals surface area (Å²) in [4.78, 5) is 27.9. The largest absolute Gasteiger partial charge is 0.454 e. The molecule has 0 aliphatic carbocycles. The zero-order valence-corrected chi connectivity index (χ0v) is 15.3. The predicted molar refractivity (Wildman–Crippen MR) is 111 cm³/mol. The number of rotatable bonds is 3. The van der Waals surface area contributed by atoms with E-state index < -0.39 is 11.5 Å². The highest BCUT2D eigenvalue weighted by Crippen LogP contribution is 2.34. The van der Waals surface area contributed by atoms with Crippen LogP contribution in [0.1, 0.15) is 10.4 Å². The summed E-state index contributed by atoms with van der Waals surface area (Å²) in [6.07, 6.45) is 0. The number of fused-ring (bicyclic) bond motifs is 2. The normalized spacial score (nSPS) is 12.1. The van der Waals surface area contributed by atoms with E-state index in [1.54, 1.807) is 24.3 Å². The van der Waals surface area contributed by atoms with Gasteiger partial charge in [0.2, 0.25) is 6.79 Å². The molecule has 6 heteroatoms. The van der Waals surface area contributed by atoms with Crippen LogP contribution in [0, 0.1) is 0 Å². The molecular weight excluding hydrogens is 368 g/mol. The first kappa shape index (κ1) is 17.1. The van der Waals surface area contributed by atoms with Crippen LogP contribution in [0.25, 0.3) is 22.0 Å². The average Bonchev–Trinajstić information content (AvgIpc) is 3.21. The number of pyridine rings is 1. The molecular formula is C23H16N2O4. The van der Waals surface area contributed by atoms with E-state index in [4.69, 9.17) is 9.47 Å². The van der Waals surface area contributed by atoms with Crippen LogP contribution in [0.2, 0.25) is 0 Å². The molecule has 1 aromatic heterocycles. The second kappa shape index (κ2) is 6.83. The summed E-state index contributed by atoms with van der Waals surface area (Å²) in [7, 11) is 0. The fourth-order valence-corrected chi connectivity index (χ4v) is 3.35. The van der Waals surface area contributed by atoms with Gasteiger partial charge < -0.3 is 19.8 Å². The van der Waals surface area contributed by atoms with Gasteiger partial charge in [-0.15, -0.1) is 0 Å². The first-order chi connectivity index (χ1) is 14.2. The minimum atomic E-state index is -0.491. The molecule has 0 unspecified atom stereocenters. The maximum atomic E-state index is 12.6. The van der Waals surface area contributed by atoms with Crippen molar-refractivity contribution in [1.29, 1.82) is 0 Å². The van der Waals surface area contributed by atoms with Crippen LogP contribution < -0.4 is 20.3 Å². The Bertz CT molecular complexity index is 1310. The number of amides is 1. The van der Waals surface area contributed by atoms with E-state index in [1.807, 2.05) is 42.5 Å². The number of hydrogen-bond acceptors (Lipinski definition) is 4. The summed E-state index contributed by atoms with van der Waals surface area (Å²) >= 11 is 0. The molecule has 0 bridgehead atoms. The molecule has 2 heterocycles. The highest BCUT2D eigenvalue weighted by molar-refractivity contribution is 6.04. The first-order valence-electron chi connectivity index (χ1n) is 9.11. The highest BCUT2D eigenvalue weighted by atomic mass is 16.7. The molecule has 1 aliphatic rings. The number of carbonyl (C=O) groups excluding carboxylic acids is 1. The summed E-state index contributed by atoms with van der Waals surface area (Å²) in [5.41, 5.74) is 1.64. The smallest absolute Gasteiger partial charge is 0.261 e. The van der Waals surface area contributed by atoms with Crippen molar-refractivity contribution < 1.29 is 14.3 Å². The second-order valence-electron chi connectivity index (χ2n) is 6.70. The number of anilines is 1. The number of carbonyl (C=O) groups is 1. The van der Waals surface area contributed by atoms with Crippen molar-refractivity contribution in [3.8, 4) is 22.8 Å². The number of H-pyrrole nitrogens is 1. The molecule has 0 atom stereocenters. The summed E-state index contributed by atoms with van der Waals surface area (Å²) in [5, 5.41) is 4.92. The highest BCUT2D eigenvalue weighted by Gasteiger charge is 2.16. The maximum absolute atomic E-state index is 12.6. The molecule has 142 valence electrons. The molecule has 0 fully saturated rings. The molecule has 3 aromatic carbocycles. The topological polar surface area (TPSA) is 80.4 Å². The van der Waals surface area contributed by atoms with Gasteiger partial charge in [0.15, 0.2) is 11.5 Å². The number of ether oxygens (including phenoxy) is 2. The lowest BCUT2D eigenvalue weighted by atomic mass is 10.0. The van der Waals surface area contributed by atoms with Crippen molar-refractivity contribution in [2.75, 3.05) is 12.1 Å². The lowest BCUT2D eigenvalue weighted by Gasteiger charge is -2.08. The van der Waals surface area contributed by atoms with Crippen molar-refractivity contribution >= 4 is 22.4 Å². The molecule has 4 aromatic rings. The lowest BCUT2D eigenvalue weighted by Crippen LogP contribution is -2.23. The number of nitrogens with one attached hydrogen (secondary N) is 2. The third kappa shape index (κ3) is 3.21. The van der Waals surface area contributed by atoms with Gasteiger partial charge in [0.1, 0.15) is 5.56 Å². The molecule has 1 amide bonds. The van der Waals surface area contributed by atoms with Gasteiger partial charge in [0, 0.05) is 17.4 Å². The van der Waals surface area contributed by atoms with Gasteiger partial charge in [-0.3, -0.25) is 9.59 Å². The fraction of sp³-hybridized carbons (Fsp3) is 0.0435. The first-order valence-corrected chi connectivity index (χ1v) is 9.11. The van der Waals surface area contributed by atoms with Gasteiger partial charge in [-0.25, -0.2) is 0 Å². The van der Waals surface area contributed by atoms with Crippen molar-refractivity contribution in [2.24, 2.45) is 0 Å². The molecule has 0 saturated carbocycles. The summed E-state index contributed by atoms with van der Waals surface area (Å²) in [6, 6.07) is 22.3. The summed E-state index contributed by atoms with van der Waals surface area (Å²) in [6.45, 7) is 0.155. The van der Waals surface area contributed by atoms with E-state index in [-0.39, 0.29) is 12.4 Å². The molecule has 0 radical (unpaired) electrons. The Labute approximate surface area is 165 Å². The van der Waals surface area contributed by atoms with Crippen LogP contribution in [-0.2, 0) is 0 Å². The van der Waals surface area contributed by atoms with Crippen LogP contribution in [-0.4, -0.2) is 17.7 Å². The molecule has 0 saturated heterocycles. The Morgan fingerprint density at radius 3 is 2.55 bits per heavy atom.